The molecular formula is C35H80I3N5O9P12. The smallest absolute Gasteiger partial charge is 0.410 e. The zero-order valence-electron chi connectivity index (χ0n) is 39.6. The van der Waals surface area contributed by atoms with Crippen molar-refractivity contribution in [3.05, 3.63) is 0 Å². The van der Waals surface area contributed by atoms with Crippen LogP contribution in [0.25, 0.3) is 0 Å². The van der Waals surface area contributed by atoms with Crippen LogP contribution in [-0.2, 0) is 33.3 Å². The number of aldehydes is 1. The fraction of sp³-hybridized carbons (Fsp3) is 0.857. The summed E-state index contributed by atoms with van der Waals surface area (Å²) in [5.74, 6) is -0.662. The second-order valence-corrected chi connectivity index (χ2v) is 67.4. The monoisotopic (exact) mass is 1470 g/mol. The minimum Gasteiger partial charge on any atom is -0.468 e. The molecule has 14 nitrogen and oxygen atoms in total. The van der Waals surface area contributed by atoms with E-state index in [0.717, 1.165) is 29.6 Å². The zero-order valence-corrected chi connectivity index (χ0v) is 58.4. The molecule has 2 N–H and O–H groups in total. The van der Waals surface area contributed by atoms with Gasteiger partial charge < -0.3 is 38.9 Å². The third-order valence-corrected chi connectivity index (χ3v) is 77.1. The molecule has 2 heterocycles. The van der Waals surface area contributed by atoms with Gasteiger partial charge in [0.25, 0.3) is 0 Å². The first-order chi connectivity index (χ1) is 29.7. The van der Waals surface area contributed by atoms with Gasteiger partial charge in [0.1, 0.15) is 29.6 Å². The second kappa shape index (κ2) is 42.7. The predicted molar refractivity (Wildman–Crippen MR) is 333 cm³/mol. The van der Waals surface area contributed by atoms with Crippen molar-refractivity contribution in [2.75, 3.05) is 71.0 Å². The first-order valence-corrected chi connectivity index (χ1v) is 45.6. The van der Waals surface area contributed by atoms with Gasteiger partial charge in [-0.1, -0.05) is 101 Å². The highest BCUT2D eigenvalue weighted by atomic mass is 127. The number of nitrogens with zero attached hydrogens (tertiary/aromatic N) is 3. The largest absolute Gasteiger partial charge is 0.468 e. The zero-order chi connectivity index (χ0) is 50.2. The minimum absolute atomic E-state index is 0.0137. The topological polar surface area (TPSA) is 156 Å². The van der Waals surface area contributed by atoms with Crippen molar-refractivity contribution in [3.63, 3.8) is 0 Å². The molecule has 0 aromatic rings. The number of halogens is 3. The molecule has 0 aliphatic carbocycles. The number of ether oxygens (including phenoxy) is 4. The Labute approximate surface area is 449 Å². The standard InChI is InChI=1S/C14H26N2O4.C11H20N2O4.C4H8I2.C4H9I.C2H17NOP12/c1-6-7-15-8-9-16(10-11(15)12(17)19-5)13(18)20-14(2,3)4;1-11(2,3)17-10(15)13-6-5-12-8(7-13)9(14)16-4;1-2-3-4(5)6;1-2-3-4-5;4-2-1-3-11-15(12(5)6)16(13(7)8)14(9)10/h11H,6-10H2,1-5H3;8,12H,5-7H2,1-4H3;4H,2-3H2,1H3;2-4H2,1H3;2-3,11H,1,5-10H2. The molecule has 10 atom stereocenters. The SMILES string of the molecule is CCCC(I)I.CCCCI.CCCN1CCN(C(=O)OC(C)(C)C)CC1C(=O)OC.COC(=O)C1CN(C(=O)OC(C)(C)C)CCN1.O=CCNPP(P(P)P)P(P(P)P)P(P)P. The number of rotatable bonds is 16. The summed E-state index contributed by atoms with van der Waals surface area (Å²) >= 11 is 7.25. The number of nitrogens with one attached hydrogen (secondary N) is 2. The first kappa shape index (κ1) is 72.6. The summed E-state index contributed by atoms with van der Waals surface area (Å²) < 4.78 is 22.2. The van der Waals surface area contributed by atoms with Crippen LogP contribution in [0.2, 0.25) is 0 Å². The van der Waals surface area contributed by atoms with E-state index in [1.165, 1.54) is 49.2 Å². The van der Waals surface area contributed by atoms with Crippen LogP contribution in [0.5, 0.6) is 0 Å². The van der Waals surface area contributed by atoms with Crippen molar-refractivity contribution in [1.29, 1.82) is 0 Å². The molecule has 380 valence electrons. The lowest BCUT2D eigenvalue weighted by Crippen LogP contribution is -2.58. The van der Waals surface area contributed by atoms with Crippen LogP contribution < -0.4 is 10.4 Å². The Hall–Kier alpha value is 4.38. The van der Waals surface area contributed by atoms with Crippen molar-refractivity contribution in [3.8, 4) is 0 Å². The van der Waals surface area contributed by atoms with Crippen molar-refractivity contribution in [2.45, 2.75) is 120 Å². The fourth-order valence-electron chi connectivity index (χ4n) is 4.79. The normalized spacial score (nSPS) is 17.3. The fourth-order valence-corrected chi connectivity index (χ4v) is 116. The van der Waals surface area contributed by atoms with Gasteiger partial charge in [-0.15, -0.1) is 53.6 Å². The Morgan fingerprint density at radius 3 is 1.66 bits per heavy atom. The minimum atomic E-state index is -0.529. The molecule has 2 rings (SSSR count). The van der Waals surface area contributed by atoms with E-state index in [1.807, 2.05) is 41.5 Å². The Balaban J connectivity index is -0.000000782. The lowest BCUT2D eigenvalue weighted by atomic mass is 10.1. The van der Waals surface area contributed by atoms with E-state index in [2.05, 4.69) is 162 Å². The second-order valence-electron chi connectivity index (χ2n) is 15.5. The van der Waals surface area contributed by atoms with E-state index in [0.29, 0.717) is 39.3 Å². The molecule has 29 heteroatoms. The Morgan fingerprint density at radius 2 is 1.31 bits per heavy atom. The highest BCUT2D eigenvalue weighted by Gasteiger charge is 2.36. The van der Waals surface area contributed by atoms with E-state index < -0.39 is 29.4 Å². The van der Waals surface area contributed by atoms with Crippen molar-refractivity contribution >= 4 is 195 Å². The van der Waals surface area contributed by atoms with E-state index in [-0.39, 0.29) is 59.5 Å². The number of piperazine rings is 2. The van der Waals surface area contributed by atoms with Crippen molar-refractivity contribution < 1.29 is 42.9 Å². The van der Waals surface area contributed by atoms with E-state index in [9.17, 15) is 24.0 Å². The molecule has 2 aliphatic rings. The van der Waals surface area contributed by atoms with Gasteiger partial charge in [-0.2, -0.15) is 0 Å². The summed E-state index contributed by atoms with van der Waals surface area (Å²) in [5.41, 5.74) is -1.05. The van der Waals surface area contributed by atoms with Gasteiger partial charge in [0, 0.05) is 26.2 Å². The molecule has 2 fully saturated rings. The molecule has 64 heavy (non-hydrogen) atoms. The van der Waals surface area contributed by atoms with E-state index in [1.54, 1.807) is 4.90 Å². The highest BCUT2D eigenvalue weighted by Crippen LogP contribution is 3.17. The van der Waals surface area contributed by atoms with E-state index >= 15 is 0 Å². The Bertz CT molecular complexity index is 1280. The Kier molecular flexibility index (Phi) is 48.5. The lowest BCUT2D eigenvalue weighted by Gasteiger charge is -2.40. The predicted octanol–water partition coefficient (Wildman–Crippen LogP) is 13.2. The number of hydrogen-bond acceptors (Lipinski definition) is 12. The van der Waals surface area contributed by atoms with Gasteiger partial charge >= 0.3 is 24.1 Å². The molecule has 2 saturated heterocycles. The van der Waals surface area contributed by atoms with Crippen molar-refractivity contribution in [1.82, 2.24) is 25.1 Å². The van der Waals surface area contributed by atoms with Gasteiger partial charge in [0.05, 0.1) is 35.8 Å². The summed E-state index contributed by atoms with van der Waals surface area (Å²) in [6, 6.07) is -0.873. The van der Waals surface area contributed by atoms with Crippen LogP contribution in [-0.4, -0.2) is 141 Å². The molecule has 0 radical (unpaired) electrons. The molecule has 0 spiro atoms. The maximum atomic E-state index is 12.1. The molecular weight excluding hydrogens is 1390 g/mol. The van der Waals surface area contributed by atoms with Crippen LogP contribution >= 0.6 is 165 Å². The van der Waals surface area contributed by atoms with Crippen LogP contribution in [0.4, 0.5) is 9.59 Å². The quantitative estimate of drug-likeness (QED) is 0.0287. The number of methoxy groups -OCH3 is 2. The van der Waals surface area contributed by atoms with Gasteiger partial charge in [0.15, 0.2) is 0 Å². The van der Waals surface area contributed by atoms with Crippen LogP contribution in [0, 0.1) is 0 Å². The summed E-state index contributed by atoms with van der Waals surface area (Å²) in [4.78, 5) is 62.6. The average Bonchev–Trinajstić information content (AvgIpc) is 3.19. The highest BCUT2D eigenvalue weighted by molar-refractivity contribution is 14.2. The molecule has 2 aliphatic heterocycles. The number of alkyl halides is 3. The first-order valence-electron chi connectivity index (χ1n) is 20.6. The third kappa shape index (κ3) is 38.0. The molecule has 0 aromatic carbocycles. The van der Waals surface area contributed by atoms with Gasteiger partial charge in [0.2, 0.25) is 0 Å². The number of hydrogen-bond donors (Lipinski definition) is 2. The number of carbonyl (C=O) groups is 5. The summed E-state index contributed by atoms with van der Waals surface area (Å²) in [5, 5.41) is 6.28. The van der Waals surface area contributed by atoms with Crippen molar-refractivity contribution in [2.24, 2.45) is 0 Å². The lowest BCUT2D eigenvalue weighted by molar-refractivity contribution is -0.149. The Morgan fingerprint density at radius 1 is 0.797 bits per heavy atom. The molecule has 0 bridgehead atoms. The molecule has 0 aromatic heterocycles. The van der Waals surface area contributed by atoms with Crippen LogP contribution in [0.1, 0.15) is 94.4 Å². The number of carbonyl (C=O) groups excluding carboxylic acids is 5. The van der Waals surface area contributed by atoms with Gasteiger partial charge in [-0.25, -0.2) is 9.59 Å². The summed E-state index contributed by atoms with van der Waals surface area (Å²) in [6.45, 7) is 21.6. The average molecular weight is 1470 g/mol. The summed E-state index contributed by atoms with van der Waals surface area (Å²) in [6.07, 6.45) is 6.52. The summed E-state index contributed by atoms with van der Waals surface area (Å²) in [7, 11) is 21.4. The maximum Gasteiger partial charge on any atom is 0.410 e. The molecule has 2 amide bonds. The third-order valence-electron chi connectivity index (χ3n) is 7.60. The van der Waals surface area contributed by atoms with Crippen LogP contribution in [0.3, 0.4) is 0 Å². The molecule has 10 unspecified atom stereocenters. The van der Waals surface area contributed by atoms with Gasteiger partial charge in [-0.3, -0.25) is 19.6 Å². The maximum absolute atomic E-state index is 12.1. The number of amides is 2. The number of unbranched alkanes of at least 4 members (excludes halogenated alkanes) is 1. The van der Waals surface area contributed by atoms with Gasteiger partial charge in [-0.05, 0) is 115 Å². The van der Waals surface area contributed by atoms with E-state index in [4.69, 9.17) is 14.2 Å². The molecule has 0 saturated carbocycles. The van der Waals surface area contributed by atoms with Crippen LogP contribution in [0.15, 0.2) is 0 Å². The number of esters is 2.